The van der Waals surface area contributed by atoms with Crippen molar-refractivity contribution in [3.8, 4) is 0 Å². The van der Waals surface area contributed by atoms with Crippen molar-refractivity contribution in [1.29, 1.82) is 0 Å². The summed E-state index contributed by atoms with van der Waals surface area (Å²) in [5.41, 5.74) is 5.58. The molecule has 0 amide bonds. The lowest BCUT2D eigenvalue weighted by molar-refractivity contribution is 0.251. The topological polar surface area (TPSA) is 54.2 Å². The van der Waals surface area contributed by atoms with E-state index in [0.717, 1.165) is 19.6 Å². The summed E-state index contributed by atoms with van der Waals surface area (Å²) in [4.78, 5) is 7.67. The number of nitrogens with two attached hydrogens (primary N) is 1. The molecule has 1 unspecified atom stereocenters. The van der Waals surface area contributed by atoms with Crippen LogP contribution in [0.4, 0.5) is 5.13 Å². The molecule has 15 heavy (non-hydrogen) atoms. The van der Waals surface area contributed by atoms with Crippen molar-refractivity contribution in [1.82, 2.24) is 15.2 Å². The third-order valence-electron chi connectivity index (χ3n) is 2.63. The molecule has 0 spiro atoms. The Morgan fingerprint density at radius 2 is 2.53 bits per heavy atom. The fourth-order valence-electron chi connectivity index (χ4n) is 1.79. The standard InChI is InChI=1S/C9H16N4S.ClH/c1-13(7-2-3-11-4-7)6-8-5-12-9(10)14-8;/h5,7,11H,2-4,6H2,1H3,(H2,10,12);1H. The minimum Gasteiger partial charge on any atom is -0.375 e. The lowest BCUT2D eigenvalue weighted by Crippen LogP contribution is -2.32. The van der Waals surface area contributed by atoms with Crippen molar-refractivity contribution < 1.29 is 0 Å². The maximum atomic E-state index is 5.58. The fraction of sp³-hybridized carbons (Fsp3) is 0.667. The van der Waals surface area contributed by atoms with Crippen LogP contribution in [-0.4, -0.2) is 36.1 Å². The van der Waals surface area contributed by atoms with Crippen LogP contribution in [0.2, 0.25) is 0 Å². The second kappa shape index (κ2) is 5.65. The Balaban J connectivity index is 0.00000112. The maximum Gasteiger partial charge on any atom is 0.180 e. The Kier molecular flexibility index (Phi) is 4.79. The molecule has 3 N–H and O–H groups in total. The van der Waals surface area contributed by atoms with Crippen molar-refractivity contribution in [3.63, 3.8) is 0 Å². The molecular weight excluding hydrogens is 232 g/mol. The molecular formula is C9H17ClN4S. The molecule has 2 heterocycles. The van der Waals surface area contributed by atoms with E-state index >= 15 is 0 Å². The average molecular weight is 249 g/mol. The van der Waals surface area contributed by atoms with Gasteiger partial charge in [0.15, 0.2) is 5.13 Å². The summed E-state index contributed by atoms with van der Waals surface area (Å²) in [5, 5.41) is 4.03. The molecule has 1 aromatic rings. The summed E-state index contributed by atoms with van der Waals surface area (Å²) in [7, 11) is 2.16. The van der Waals surface area contributed by atoms with Crippen LogP contribution < -0.4 is 11.1 Å². The van der Waals surface area contributed by atoms with Gasteiger partial charge in [-0.2, -0.15) is 0 Å². The quantitative estimate of drug-likeness (QED) is 0.836. The number of thiazole rings is 1. The van der Waals surface area contributed by atoms with E-state index in [1.807, 2.05) is 6.20 Å². The molecule has 1 fully saturated rings. The van der Waals surface area contributed by atoms with Gasteiger partial charge in [-0.25, -0.2) is 4.98 Å². The van der Waals surface area contributed by atoms with Crippen molar-refractivity contribution >= 4 is 28.9 Å². The van der Waals surface area contributed by atoms with Crippen molar-refractivity contribution in [2.75, 3.05) is 25.9 Å². The van der Waals surface area contributed by atoms with Crippen LogP contribution in [0.1, 0.15) is 11.3 Å². The van der Waals surface area contributed by atoms with Crippen molar-refractivity contribution in [3.05, 3.63) is 11.1 Å². The molecule has 0 bridgehead atoms. The Bertz CT molecular complexity index is 298. The van der Waals surface area contributed by atoms with Crippen molar-refractivity contribution in [2.45, 2.75) is 19.0 Å². The highest BCUT2D eigenvalue weighted by Gasteiger charge is 2.19. The van der Waals surface area contributed by atoms with Crippen LogP contribution in [-0.2, 0) is 6.54 Å². The molecule has 0 aromatic carbocycles. The third kappa shape index (κ3) is 3.31. The van der Waals surface area contributed by atoms with Crippen molar-refractivity contribution in [2.24, 2.45) is 0 Å². The number of rotatable bonds is 3. The maximum absolute atomic E-state index is 5.58. The van der Waals surface area contributed by atoms with Gasteiger partial charge in [0.25, 0.3) is 0 Å². The lowest BCUT2D eigenvalue weighted by atomic mass is 10.2. The van der Waals surface area contributed by atoms with Gasteiger partial charge in [-0.1, -0.05) is 0 Å². The molecule has 0 radical (unpaired) electrons. The van der Waals surface area contributed by atoms with E-state index in [1.165, 1.54) is 11.3 Å². The van der Waals surface area contributed by atoms with Gasteiger partial charge >= 0.3 is 0 Å². The largest absolute Gasteiger partial charge is 0.375 e. The van der Waals surface area contributed by atoms with Gasteiger partial charge in [-0.15, -0.1) is 23.7 Å². The summed E-state index contributed by atoms with van der Waals surface area (Å²) >= 11 is 1.58. The number of hydrogen-bond donors (Lipinski definition) is 2. The number of halogens is 1. The highest BCUT2D eigenvalue weighted by Crippen LogP contribution is 2.18. The van der Waals surface area contributed by atoms with Gasteiger partial charge in [0, 0.05) is 30.2 Å². The zero-order chi connectivity index (χ0) is 9.97. The van der Waals surface area contributed by atoms with E-state index in [9.17, 15) is 0 Å². The minimum absolute atomic E-state index is 0. The van der Waals surface area contributed by atoms with Gasteiger partial charge in [-0.05, 0) is 20.0 Å². The van der Waals surface area contributed by atoms with Crippen LogP contribution >= 0.6 is 23.7 Å². The third-order valence-corrected chi connectivity index (χ3v) is 3.45. The molecule has 2 rings (SSSR count). The van der Waals surface area contributed by atoms with E-state index in [1.54, 1.807) is 11.3 Å². The Morgan fingerprint density at radius 3 is 3.07 bits per heavy atom. The predicted octanol–water partition coefficient (Wildman–Crippen LogP) is 0.941. The van der Waals surface area contributed by atoms with Crippen LogP contribution in [0.3, 0.4) is 0 Å². The average Bonchev–Trinajstić information content (AvgIpc) is 2.75. The SMILES string of the molecule is CN(Cc1cnc(N)s1)C1CCNC1.Cl. The zero-order valence-electron chi connectivity index (χ0n) is 8.77. The number of likely N-dealkylation sites (N-methyl/N-ethyl adjacent to an activating group) is 1. The molecule has 1 saturated heterocycles. The fourth-order valence-corrected chi connectivity index (χ4v) is 2.53. The Hall–Kier alpha value is -0.360. The summed E-state index contributed by atoms with van der Waals surface area (Å²) in [6, 6.07) is 0.665. The summed E-state index contributed by atoms with van der Waals surface area (Å²) in [6.07, 6.45) is 3.11. The molecule has 1 aliphatic heterocycles. The van der Waals surface area contributed by atoms with Gasteiger partial charge < -0.3 is 11.1 Å². The van der Waals surface area contributed by atoms with E-state index in [0.29, 0.717) is 11.2 Å². The highest BCUT2D eigenvalue weighted by atomic mass is 35.5. The molecule has 86 valence electrons. The Labute approximate surface area is 100 Å². The minimum atomic E-state index is 0. The number of nitrogens with zero attached hydrogens (tertiary/aromatic N) is 2. The van der Waals surface area contributed by atoms with Crippen LogP contribution in [0.25, 0.3) is 0 Å². The van der Waals surface area contributed by atoms with Gasteiger partial charge in [0.05, 0.1) is 0 Å². The summed E-state index contributed by atoms with van der Waals surface area (Å²) < 4.78 is 0. The second-order valence-corrected chi connectivity index (χ2v) is 4.87. The van der Waals surface area contributed by atoms with Crippen LogP contribution in [0.15, 0.2) is 6.20 Å². The predicted molar refractivity (Wildman–Crippen MR) is 66.5 cm³/mol. The van der Waals surface area contributed by atoms with Crippen LogP contribution in [0.5, 0.6) is 0 Å². The van der Waals surface area contributed by atoms with E-state index in [-0.39, 0.29) is 12.4 Å². The second-order valence-electron chi connectivity index (χ2n) is 3.73. The number of nitrogens with one attached hydrogen (secondary N) is 1. The normalized spacial score (nSPS) is 20.5. The van der Waals surface area contributed by atoms with Gasteiger partial charge in [0.1, 0.15) is 0 Å². The zero-order valence-corrected chi connectivity index (χ0v) is 10.4. The number of nitrogen functional groups attached to an aromatic ring is 1. The first-order chi connectivity index (χ1) is 6.75. The molecule has 1 aliphatic rings. The van der Waals surface area contributed by atoms with E-state index in [2.05, 4.69) is 22.2 Å². The first-order valence-electron chi connectivity index (χ1n) is 4.87. The number of hydrogen-bond acceptors (Lipinski definition) is 5. The molecule has 1 aromatic heterocycles. The molecule has 4 nitrogen and oxygen atoms in total. The van der Waals surface area contributed by atoms with Gasteiger partial charge in [-0.3, -0.25) is 4.90 Å². The number of aromatic nitrogens is 1. The molecule has 0 aliphatic carbocycles. The first kappa shape index (κ1) is 12.7. The monoisotopic (exact) mass is 248 g/mol. The molecule has 6 heteroatoms. The lowest BCUT2D eigenvalue weighted by Gasteiger charge is -2.22. The highest BCUT2D eigenvalue weighted by molar-refractivity contribution is 7.15. The van der Waals surface area contributed by atoms with E-state index in [4.69, 9.17) is 5.73 Å². The van der Waals surface area contributed by atoms with Gasteiger partial charge in [0.2, 0.25) is 0 Å². The molecule has 1 atom stereocenters. The smallest absolute Gasteiger partial charge is 0.180 e. The summed E-state index contributed by atoms with van der Waals surface area (Å²) in [5.74, 6) is 0. The first-order valence-corrected chi connectivity index (χ1v) is 5.68. The van der Waals surface area contributed by atoms with E-state index < -0.39 is 0 Å². The Morgan fingerprint density at radius 1 is 1.73 bits per heavy atom. The number of anilines is 1. The van der Waals surface area contributed by atoms with Crippen LogP contribution in [0, 0.1) is 0 Å². The summed E-state index contributed by atoms with van der Waals surface area (Å²) in [6.45, 7) is 3.20. The molecule has 0 saturated carbocycles.